The summed E-state index contributed by atoms with van der Waals surface area (Å²) >= 11 is 3.61. The van der Waals surface area contributed by atoms with Crippen molar-refractivity contribution in [1.29, 1.82) is 0 Å². The van der Waals surface area contributed by atoms with E-state index in [-0.39, 0.29) is 88.9 Å². The van der Waals surface area contributed by atoms with Crippen molar-refractivity contribution < 1.29 is 47.5 Å². The van der Waals surface area contributed by atoms with Crippen LogP contribution in [0.3, 0.4) is 0 Å². The van der Waals surface area contributed by atoms with Crippen molar-refractivity contribution in [3.05, 3.63) is 207 Å². The fraction of sp³-hybridized carbons (Fsp3) is 0.137. The second kappa shape index (κ2) is 21.3. The number of ether oxygens (including phenoxy) is 8. The lowest BCUT2D eigenvalue weighted by Gasteiger charge is -2.24. The van der Waals surface area contributed by atoms with Gasteiger partial charge in [-0.1, -0.05) is 152 Å². The van der Waals surface area contributed by atoms with E-state index in [2.05, 4.69) is 15.9 Å². The molecule has 0 aliphatic heterocycles. The van der Waals surface area contributed by atoms with Crippen molar-refractivity contribution >= 4 is 27.9 Å². The zero-order valence-corrected chi connectivity index (χ0v) is 35.7. The number of hydrogen-bond donors (Lipinski definition) is 0. The highest BCUT2D eigenvalue weighted by molar-refractivity contribution is 9.10. The van der Waals surface area contributed by atoms with Gasteiger partial charge in [0.2, 0.25) is 17.2 Å². The summed E-state index contributed by atoms with van der Waals surface area (Å²) < 4.78 is 50.4. The smallest absolute Gasteiger partial charge is 0.341 e. The second-order valence-corrected chi connectivity index (χ2v) is 14.6. The minimum absolute atomic E-state index is 0.00531. The number of benzene rings is 7. The quantitative estimate of drug-likeness (QED) is 0.0728. The maximum absolute atomic E-state index is 14.0. The molecule has 0 bridgehead atoms. The number of carbonyl (C=O) groups is 2. The first kappa shape index (κ1) is 42.9. The highest BCUT2D eigenvalue weighted by Crippen LogP contribution is 2.53. The van der Waals surface area contributed by atoms with Gasteiger partial charge < -0.3 is 37.9 Å². The van der Waals surface area contributed by atoms with Crippen LogP contribution in [0.2, 0.25) is 0 Å². The molecular formula is C51H43BrO10. The Morgan fingerprint density at radius 1 is 0.387 bits per heavy atom. The number of esters is 2. The van der Waals surface area contributed by atoms with Crippen LogP contribution in [0.25, 0.3) is 0 Å². The molecule has 0 radical (unpaired) electrons. The predicted octanol–water partition coefficient (Wildman–Crippen LogP) is 11.7. The molecule has 0 spiro atoms. The Balaban J connectivity index is 1.44. The summed E-state index contributed by atoms with van der Waals surface area (Å²) in [7, 11) is 2.54. The van der Waals surface area contributed by atoms with E-state index in [0.29, 0.717) is 0 Å². The molecule has 0 fully saturated rings. The number of rotatable bonds is 19. The van der Waals surface area contributed by atoms with Crippen molar-refractivity contribution in [3.8, 4) is 40.2 Å². The second-order valence-electron chi connectivity index (χ2n) is 13.8. The van der Waals surface area contributed by atoms with Gasteiger partial charge in [0.05, 0.1) is 24.3 Å². The standard InChI is InChI=1S/C51H43BrO10/c1-55-50(53)40-28-43(47(59-32-37-22-12-5-13-23-37)48(44(40)52)60-33-38-24-14-6-15-25-38)62-45-41(51(54)56-2)29-42(57-30-35-18-8-3-9-19-35)46(58-31-36-20-10-4-11-21-36)49(45)61-34-39-26-16-7-17-27-39/h3-29H,30-34H2,1-2H3. The Morgan fingerprint density at radius 3 is 1.11 bits per heavy atom. The third kappa shape index (κ3) is 10.9. The molecule has 0 aliphatic carbocycles. The van der Waals surface area contributed by atoms with E-state index < -0.39 is 11.9 Å². The maximum Gasteiger partial charge on any atom is 0.341 e. The Kier molecular flexibility index (Phi) is 14.7. The van der Waals surface area contributed by atoms with E-state index in [1.807, 2.05) is 152 Å². The summed E-state index contributed by atoms with van der Waals surface area (Å²) in [5.41, 5.74) is 4.27. The maximum atomic E-state index is 14.0. The lowest BCUT2D eigenvalue weighted by molar-refractivity contribution is 0.0586. The predicted molar refractivity (Wildman–Crippen MR) is 237 cm³/mol. The molecule has 0 atom stereocenters. The molecule has 0 aromatic heterocycles. The number of halogens is 1. The van der Waals surface area contributed by atoms with E-state index in [4.69, 9.17) is 37.9 Å². The highest BCUT2D eigenvalue weighted by atomic mass is 79.9. The summed E-state index contributed by atoms with van der Waals surface area (Å²) in [4.78, 5) is 27.4. The molecule has 0 unspecified atom stereocenters. The average Bonchev–Trinajstić information content (AvgIpc) is 3.33. The third-order valence-electron chi connectivity index (χ3n) is 9.46. The summed E-state index contributed by atoms with van der Waals surface area (Å²) in [6.07, 6.45) is 0. The van der Waals surface area contributed by atoms with Crippen molar-refractivity contribution in [3.63, 3.8) is 0 Å². The number of carbonyl (C=O) groups excluding carboxylic acids is 2. The summed E-state index contributed by atoms with van der Waals surface area (Å²) in [6, 6.07) is 50.7. The minimum atomic E-state index is -0.763. The van der Waals surface area contributed by atoms with Crippen LogP contribution in [-0.4, -0.2) is 26.2 Å². The molecule has 0 amide bonds. The molecule has 314 valence electrons. The summed E-state index contributed by atoms with van der Waals surface area (Å²) in [5.74, 6) is -0.914. The van der Waals surface area contributed by atoms with Gasteiger partial charge in [-0.15, -0.1) is 0 Å². The molecule has 0 saturated carbocycles. The Bertz CT molecular complexity index is 2550. The van der Waals surface area contributed by atoms with Gasteiger partial charge in [0, 0.05) is 12.1 Å². The third-order valence-corrected chi connectivity index (χ3v) is 10.2. The average molecular weight is 896 g/mol. The van der Waals surface area contributed by atoms with Crippen LogP contribution >= 0.6 is 15.9 Å². The topological polar surface area (TPSA) is 108 Å². The SMILES string of the molecule is COC(=O)c1cc(Oc2c(C(=O)OC)cc(OCc3ccccc3)c(OCc3ccccc3)c2OCc2ccccc2)c(OCc2ccccc2)c(OCc2ccccc2)c1Br. The van der Waals surface area contributed by atoms with Crippen molar-refractivity contribution in [1.82, 2.24) is 0 Å². The van der Waals surface area contributed by atoms with Crippen LogP contribution < -0.4 is 28.4 Å². The van der Waals surface area contributed by atoms with Gasteiger partial charge in [0.25, 0.3) is 0 Å². The van der Waals surface area contributed by atoms with Crippen molar-refractivity contribution in [2.75, 3.05) is 14.2 Å². The van der Waals surface area contributed by atoms with Gasteiger partial charge in [0.15, 0.2) is 23.0 Å². The molecule has 62 heavy (non-hydrogen) atoms. The van der Waals surface area contributed by atoms with E-state index in [0.717, 1.165) is 27.8 Å². The van der Waals surface area contributed by atoms with Gasteiger partial charge in [-0.2, -0.15) is 0 Å². The van der Waals surface area contributed by atoms with Gasteiger partial charge >= 0.3 is 11.9 Å². The monoisotopic (exact) mass is 894 g/mol. The van der Waals surface area contributed by atoms with Crippen LogP contribution in [0.5, 0.6) is 40.2 Å². The minimum Gasteiger partial charge on any atom is -0.485 e. The Morgan fingerprint density at radius 2 is 0.710 bits per heavy atom. The molecule has 10 nitrogen and oxygen atoms in total. The van der Waals surface area contributed by atoms with Crippen molar-refractivity contribution in [2.24, 2.45) is 0 Å². The van der Waals surface area contributed by atoms with Gasteiger partial charge in [0.1, 0.15) is 38.6 Å². The fourth-order valence-corrected chi connectivity index (χ4v) is 6.87. The zero-order chi connectivity index (χ0) is 43.1. The molecular weight excluding hydrogens is 852 g/mol. The summed E-state index contributed by atoms with van der Waals surface area (Å²) in [6.45, 7) is 0.472. The Labute approximate surface area is 368 Å². The zero-order valence-electron chi connectivity index (χ0n) is 34.1. The van der Waals surface area contributed by atoms with Crippen LogP contribution in [-0.2, 0) is 42.5 Å². The lowest BCUT2D eigenvalue weighted by Crippen LogP contribution is -2.12. The molecule has 0 aliphatic rings. The molecule has 7 aromatic rings. The number of methoxy groups -OCH3 is 2. The molecule has 7 rings (SSSR count). The fourth-order valence-electron chi connectivity index (χ4n) is 6.30. The molecule has 11 heteroatoms. The van der Waals surface area contributed by atoms with E-state index in [1.165, 1.54) is 26.4 Å². The number of hydrogen-bond acceptors (Lipinski definition) is 10. The van der Waals surface area contributed by atoms with Gasteiger partial charge in [-0.25, -0.2) is 9.59 Å². The first-order valence-electron chi connectivity index (χ1n) is 19.7. The lowest BCUT2D eigenvalue weighted by atomic mass is 10.1. The molecule has 0 heterocycles. The normalized spacial score (nSPS) is 10.6. The van der Waals surface area contributed by atoms with Crippen molar-refractivity contribution in [2.45, 2.75) is 33.0 Å². The largest absolute Gasteiger partial charge is 0.485 e. The van der Waals surface area contributed by atoms with Crippen LogP contribution in [0, 0.1) is 0 Å². The van der Waals surface area contributed by atoms with E-state index in [1.54, 1.807) is 0 Å². The van der Waals surface area contributed by atoms with E-state index >= 15 is 0 Å². The summed E-state index contributed by atoms with van der Waals surface area (Å²) in [5, 5.41) is 0. The van der Waals surface area contributed by atoms with Gasteiger partial charge in [-0.05, 0) is 43.7 Å². The molecule has 7 aromatic carbocycles. The first-order valence-corrected chi connectivity index (χ1v) is 20.5. The van der Waals surface area contributed by atoms with E-state index in [9.17, 15) is 9.59 Å². The van der Waals surface area contributed by atoms with Crippen LogP contribution in [0.1, 0.15) is 48.5 Å². The highest BCUT2D eigenvalue weighted by Gasteiger charge is 2.32. The first-order chi connectivity index (χ1) is 30.4. The van der Waals surface area contributed by atoms with Crippen LogP contribution in [0.15, 0.2) is 168 Å². The van der Waals surface area contributed by atoms with Crippen LogP contribution in [0.4, 0.5) is 0 Å². The molecule has 0 saturated heterocycles. The van der Waals surface area contributed by atoms with Gasteiger partial charge in [-0.3, -0.25) is 0 Å². The molecule has 0 N–H and O–H groups in total. The Hall–Kier alpha value is -7.24.